The Labute approximate surface area is 137 Å². The van der Waals surface area contributed by atoms with Gasteiger partial charge in [-0.05, 0) is 61.1 Å². The first-order valence-electron chi connectivity index (χ1n) is 7.37. The Morgan fingerprint density at radius 2 is 2.00 bits per heavy atom. The normalized spacial score (nSPS) is 16.3. The van der Waals surface area contributed by atoms with Crippen molar-refractivity contribution < 1.29 is 9.50 Å². The van der Waals surface area contributed by atoms with Crippen LogP contribution in [-0.4, -0.2) is 5.11 Å². The second-order valence-electron chi connectivity index (χ2n) is 5.61. The third kappa shape index (κ3) is 3.55. The van der Waals surface area contributed by atoms with Gasteiger partial charge < -0.3 is 5.11 Å². The molecule has 112 valence electrons. The minimum atomic E-state index is -0.620. The van der Waals surface area contributed by atoms with E-state index in [1.807, 2.05) is 0 Å². The zero-order chi connectivity index (χ0) is 14.8. The maximum atomic E-state index is 13.8. The lowest BCUT2D eigenvalue weighted by Gasteiger charge is -2.10. The van der Waals surface area contributed by atoms with Crippen LogP contribution in [0.15, 0.2) is 28.7 Å². The predicted molar refractivity (Wildman–Crippen MR) is 88.3 cm³/mol. The molecule has 1 aromatic heterocycles. The lowest BCUT2D eigenvalue weighted by atomic mass is 10.0. The fourth-order valence-corrected chi connectivity index (χ4v) is 4.52. The molecule has 0 aliphatic heterocycles. The molecule has 0 spiro atoms. The Kier molecular flexibility index (Phi) is 4.77. The van der Waals surface area contributed by atoms with E-state index in [-0.39, 0.29) is 5.82 Å². The van der Waals surface area contributed by atoms with Crippen molar-refractivity contribution in [3.63, 3.8) is 0 Å². The van der Waals surface area contributed by atoms with Crippen molar-refractivity contribution in [2.24, 2.45) is 0 Å². The first-order chi connectivity index (χ1) is 10.1. The molecule has 0 fully saturated rings. The highest BCUT2D eigenvalue weighted by Crippen LogP contribution is 2.34. The highest BCUT2D eigenvalue weighted by molar-refractivity contribution is 9.10. The molecule has 1 aliphatic carbocycles. The van der Waals surface area contributed by atoms with E-state index in [9.17, 15) is 9.50 Å². The lowest BCUT2D eigenvalue weighted by molar-refractivity contribution is 0.181. The number of hydrogen-bond acceptors (Lipinski definition) is 2. The van der Waals surface area contributed by atoms with Gasteiger partial charge >= 0.3 is 0 Å². The van der Waals surface area contributed by atoms with Crippen molar-refractivity contribution in [1.29, 1.82) is 0 Å². The number of benzene rings is 1. The van der Waals surface area contributed by atoms with Crippen molar-refractivity contribution in [3.05, 3.63) is 55.4 Å². The predicted octanol–water partition coefficient (Wildman–Crippen LogP) is 5.19. The average molecular weight is 369 g/mol. The molecule has 1 aliphatic rings. The molecule has 0 saturated heterocycles. The van der Waals surface area contributed by atoms with Crippen LogP contribution in [0.2, 0.25) is 0 Å². The SMILES string of the molecule is OC(Cc1cc(Br)ccc1F)c1cc2c(s1)CCCCC2. The molecule has 0 radical (unpaired) electrons. The standard InChI is InChI=1S/C17H18BrFOS/c18-13-6-7-14(19)12(8-13)9-15(20)17-10-11-4-2-1-3-5-16(11)21-17/h6-8,10,15,20H,1-5,9H2. The summed E-state index contributed by atoms with van der Waals surface area (Å²) in [4.78, 5) is 2.39. The van der Waals surface area contributed by atoms with E-state index < -0.39 is 6.10 Å². The Hall–Kier alpha value is -0.710. The maximum absolute atomic E-state index is 13.8. The van der Waals surface area contributed by atoms with Crippen molar-refractivity contribution >= 4 is 27.3 Å². The second-order valence-corrected chi connectivity index (χ2v) is 7.70. The first kappa shape index (κ1) is 15.2. The molecule has 1 aromatic carbocycles. The van der Waals surface area contributed by atoms with Gasteiger partial charge in [0.2, 0.25) is 0 Å². The number of aryl methyl sites for hydroxylation is 2. The fourth-order valence-electron chi connectivity index (χ4n) is 2.86. The summed E-state index contributed by atoms with van der Waals surface area (Å²) in [6.07, 6.45) is 5.71. The van der Waals surface area contributed by atoms with Crippen LogP contribution in [0.1, 0.15) is 46.2 Å². The third-order valence-corrected chi connectivity index (χ3v) is 5.85. The molecule has 1 heterocycles. The summed E-state index contributed by atoms with van der Waals surface area (Å²) in [5.41, 5.74) is 1.95. The van der Waals surface area contributed by atoms with Gasteiger partial charge in [-0.1, -0.05) is 22.4 Å². The summed E-state index contributed by atoms with van der Waals surface area (Å²) in [5.74, 6) is -0.254. The average Bonchev–Trinajstić information content (AvgIpc) is 2.74. The van der Waals surface area contributed by atoms with Gasteiger partial charge in [0.05, 0.1) is 6.10 Å². The topological polar surface area (TPSA) is 20.2 Å². The van der Waals surface area contributed by atoms with Gasteiger partial charge in [0.15, 0.2) is 0 Å². The van der Waals surface area contributed by atoms with Crippen LogP contribution in [0, 0.1) is 5.82 Å². The van der Waals surface area contributed by atoms with Gasteiger partial charge in [-0.2, -0.15) is 0 Å². The molecule has 21 heavy (non-hydrogen) atoms. The second kappa shape index (κ2) is 6.59. The first-order valence-corrected chi connectivity index (χ1v) is 8.98. The molecular weight excluding hydrogens is 351 g/mol. The van der Waals surface area contributed by atoms with Crippen LogP contribution >= 0.6 is 27.3 Å². The summed E-state index contributed by atoms with van der Waals surface area (Å²) >= 11 is 5.05. The summed E-state index contributed by atoms with van der Waals surface area (Å²) in [7, 11) is 0. The Bertz CT molecular complexity index is 614. The van der Waals surface area contributed by atoms with E-state index in [0.29, 0.717) is 12.0 Å². The highest BCUT2D eigenvalue weighted by Gasteiger charge is 2.18. The minimum absolute atomic E-state index is 0.254. The molecule has 1 nitrogen and oxygen atoms in total. The van der Waals surface area contributed by atoms with Crippen LogP contribution in [-0.2, 0) is 19.3 Å². The van der Waals surface area contributed by atoms with E-state index in [4.69, 9.17) is 0 Å². The summed E-state index contributed by atoms with van der Waals surface area (Å²) in [6, 6.07) is 7.00. The van der Waals surface area contributed by atoms with E-state index in [1.54, 1.807) is 23.5 Å². The van der Waals surface area contributed by atoms with E-state index in [0.717, 1.165) is 22.2 Å². The van der Waals surface area contributed by atoms with E-state index in [2.05, 4.69) is 22.0 Å². The Morgan fingerprint density at radius 1 is 1.19 bits per heavy atom. The molecule has 0 saturated carbocycles. The molecular formula is C17H18BrFOS. The van der Waals surface area contributed by atoms with Crippen molar-refractivity contribution in [2.45, 2.75) is 44.6 Å². The quantitative estimate of drug-likeness (QED) is 0.738. The van der Waals surface area contributed by atoms with E-state index >= 15 is 0 Å². The molecule has 4 heteroatoms. The van der Waals surface area contributed by atoms with Crippen LogP contribution < -0.4 is 0 Å². The molecule has 1 unspecified atom stereocenters. The number of aliphatic hydroxyl groups excluding tert-OH is 1. The van der Waals surface area contributed by atoms with Crippen LogP contribution in [0.4, 0.5) is 4.39 Å². The summed E-state index contributed by atoms with van der Waals surface area (Å²) in [5, 5.41) is 10.4. The number of rotatable bonds is 3. The maximum Gasteiger partial charge on any atom is 0.126 e. The molecule has 2 aromatic rings. The highest BCUT2D eigenvalue weighted by atomic mass is 79.9. The molecule has 3 rings (SSSR count). The van der Waals surface area contributed by atoms with Gasteiger partial charge in [0.25, 0.3) is 0 Å². The molecule has 0 amide bonds. The van der Waals surface area contributed by atoms with Crippen molar-refractivity contribution in [2.75, 3.05) is 0 Å². The molecule has 1 N–H and O–H groups in total. The van der Waals surface area contributed by atoms with Crippen LogP contribution in [0.3, 0.4) is 0 Å². The number of fused-ring (bicyclic) bond motifs is 1. The van der Waals surface area contributed by atoms with Gasteiger partial charge in [0, 0.05) is 20.6 Å². The van der Waals surface area contributed by atoms with Crippen molar-refractivity contribution in [1.82, 2.24) is 0 Å². The Morgan fingerprint density at radius 3 is 2.86 bits per heavy atom. The van der Waals surface area contributed by atoms with Gasteiger partial charge in [0.1, 0.15) is 5.82 Å². The monoisotopic (exact) mass is 368 g/mol. The van der Waals surface area contributed by atoms with Gasteiger partial charge in [-0.3, -0.25) is 0 Å². The Balaban J connectivity index is 1.79. The van der Waals surface area contributed by atoms with Gasteiger partial charge in [-0.25, -0.2) is 4.39 Å². The summed E-state index contributed by atoms with van der Waals surface area (Å²) < 4.78 is 14.6. The van der Waals surface area contributed by atoms with Crippen LogP contribution in [0.25, 0.3) is 0 Å². The lowest BCUT2D eigenvalue weighted by Crippen LogP contribution is -2.02. The van der Waals surface area contributed by atoms with E-state index in [1.165, 1.54) is 35.8 Å². The third-order valence-electron chi connectivity index (χ3n) is 4.02. The molecule has 1 atom stereocenters. The van der Waals surface area contributed by atoms with Crippen molar-refractivity contribution in [3.8, 4) is 0 Å². The molecule has 0 bridgehead atoms. The zero-order valence-electron chi connectivity index (χ0n) is 11.7. The number of hydrogen-bond donors (Lipinski definition) is 1. The largest absolute Gasteiger partial charge is 0.387 e. The fraction of sp³-hybridized carbons (Fsp3) is 0.412. The minimum Gasteiger partial charge on any atom is -0.387 e. The van der Waals surface area contributed by atoms with Crippen LogP contribution in [0.5, 0.6) is 0 Å². The summed E-state index contributed by atoms with van der Waals surface area (Å²) in [6.45, 7) is 0. The van der Waals surface area contributed by atoms with Gasteiger partial charge in [-0.15, -0.1) is 11.3 Å². The number of halogens is 2. The zero-order valence-corrected chi connectivity index (χ0v) is 14.1. The number of thiophene rings is 1. The smallest absolute Gasteiger partial charge is 0.126 e. The number of aliphatic hydroxyl groups is 1.